The van der Waals surface area contributed by atoms with E-state index in [0.29, 0.717) is 26.9 Å². The van der Waals surface area contributed by atoms with Crippen LogP contribution in [0.4, 0.5) is 4.39 Å². The first-order valence-electron chi connectivity index (χ1n) is 9.13. The van der Waals surface area contributed by atoms with Gasteiger partial charge in [0, 0.05) is 0 Å². The molecule has 0 amide bonds. The van der Waals surface area contributed by atoms with E-state index in [1.54, 1.807) is 42.5 Å². The summed E-state index contributed by atoms with van der Waals surface area (Å²) in [5.74, 6) is -0.795. The molecule has 1 N–H and O–H groups in total. The molecule has 1 aromatic heterocycles. The van der Waals surface area contributed by atoms with Crippen LogP contribution in [0.2, 0.25) is 0 Å². The fourth-order valence-corrected chi connectivity index (χ4v) is 4.00. The molecule has 31 heavy (non-hydrogen) atoms. The quantitative estimate of drug-likeness (QED) is 0.230. The normalized spacial score (nSPS) is 11.6. The summed E-state index contributed by atoms with van der Waals surface area (Å²) in [5, 5.41) is 9.86. The van der Waals surface area contributed by atoms with Crippen molar-refractivity contribution in [1.29, 1.82) is 0 Å². The monoisotopic (exact) mass is 499 g/mol. The summed E-state index contributed by atoms with van der Waals surface area (Å²) in [6.07, 6.45) is 1.54. The lowest BCUT2D eigenvalue weighted by Crippen LogP contribution is -1.98. The Morgan fingerprint density at radius 1 is 1.16 bits per heavy atom. The smallest absolute Gasteiger partial charge is 0.342 e. The highest BCUT2D eigenvalue weighted by atomic mass is 79.9. The van der Waals surface area contributed by atoms with Gasteiger partial charge in [0.05, 0.1) is 4.47 Å². The molecule has 156 valence electrons. The van der Waals surface area contributed by atoms with Crippen LogP contribution in [0.1, 0.15) is 11.1 Å². The maximum absolute atomic E-state index is 13.0. The number of ether oxygens (including phenoxy) is 1. The minimum Gasteiger partial charge on any atom is -0.488 e. The summed E-state index contributed by atoms with van der Waals surface area (Å²) in [7, 11) is 0. The lowest BCUT2D eigenvalue weighted by molar-refractivity contribution is -0.131. The molecular weight excluding hydrogens is 485 g/mol. The molecule has 5 nitrogen and oxygen atoms in total. The van der Waals surface area contributed by atoms with Crippen LogP contribution in [0.3, 0.4) is 0 Å². The molecule has 1 heterocycles. The minimum atomic E-state index is -1.08. The average molecular weight is 500 g/mol. The Morgan fingerprint density at radius 2 is 1.94 bits per heavy atom. The molecule has 0 aliphatic heterocycles. The van der Waals surface area contributed by atoms with E-state index in [4.69, 9.17) is 9.15 Å². The van der Waals surface area contributed by atoms with Gasteiger partial charge in [-0.1, -0.05) is 30.3 Å². The van der Waals surface area contributed by atoms with E-state index >= 15 is 0 Å². The van der Waals surface area contributed by atoms with E-state index in [1.165, 1.54) is 18.2 Å². The lowest BCUT2D eigenvalue weighted by atomic mass is 10.2. The van der Waals surface area contributed by atoms with Crippen LogP contribution in [0.5, 0.6) is 5.75 Å². The van der Waals surface area contributed by atoms with Gasteiger partial charge in [-0.3, -0.25) is 0 Å². The van der Waals surface area contributed by atoms with Crippen molar-refractivity contribution in [3.05, 3.63) is 93.1 Å². The van der Waals surface area contributed by atoms with Gasteiger partial charge >= 0.3 is 5.97 Å². The SMILES string of the molecule is O=C(O)/C(=C/c1ccc(OCc2ccc(F)cc2)c(Br)c1)Sc1nc2ccccc2o1. The zero-order valence-electron chi connectivity index (χ0n) is 15.9. The third-order valence-electron chi connectivity index (χ3n) is 4.24. The van der Waals surface area contributed by atoms with Crippen molar-refractivity contribution < 1.29 is 23.4 Å². The average Bonchev–Trinajstić information content (AvgIpc) is 3.16. The van der Waals surface area contributed by atoms with Crippen molar-refractivity contribution >= 4 is 50.8 Å². The molecule has 0 radical (unpaired) electrons. The predicted octanol–water partition coefficient (Wildman–Crippen LogP) is 6.53. The molecule has 3 aromatic carbocycles. The first kappa shape index (κ1) is 21.1. The second-order valence-corrected chi connectivity index (χ2v) is 8.32. The van der Waals surface area contributed by atoms with Crippen LogP contribution >= 0.6 is 27.7 Å². The van der Waals surface area contributed by atoms with Crippen LogP contribution in [0.25, 0.3) is 17.2 Å². The largest absolute Gasteiger partial charge is 0.488 e. The maximum atomic E-state index is 13.0. The number of carbonyl (C=O) groups is 1. The lowest BCUT2D eigenvalue weighted by Gasteiger charge is -2.09. The number of nitrogens with zero attached hydrogens (tertiary/aromatic N) is 1. The minimum absolute atomic E-state index is 0.0680. The molecule has 0 aliphatic rings. The van der Waals surface area contributed by atoms with E-state index < -0.39 is 5.97 Å². The van der Waals surface area contributed by atoms with Crippen molar-refractivity contribution in [3.63, 3.8) is 0 Å². The summed E-state index contributed by atoms with van der Waals surface area (Å²) in [5.41, 5.74) is 2.77. The number of halogens is 2. The molecule has 0 spiro atoms. The Hall–Kier alpha value is -3.10. The van der Waals surface area contributed by atoms with E-state index in [1.807, 2.05) is 12.1 Å². The number of aliphatic carboxylic acids is 1. The van der Waals surface area contributed by atoms with Gasteiger partial charge in [0.15, 0.2) is 5.58 Å². The summed E-state index contributed by atoms with van der Waals surface area (Å²) in [6.45, 7) is 0.280. The molecule has 0 aliphatic carbocycles. The van der Waals surface area contributed by atoms with Crippen LogP contribution in [0.15, 0.2) is 85.7 Å². The van der Waals surface area contributed by atoms with Crippen LogP contribution in [0, 0.1) is 5.82 Å². The summed E-state index contributed by atoms with van der Waals surface area (Å²) in [6, 6.07) is 18.6. The Bertz CT molecular complexity index is 1240. The molecule has 4 rings (SSSR count). The third-order valence-corrected chi connectivity index (χ3v) is 5.72. The van der Waals surface area contributed by atoms with E-state index in [9.17, 15) is 14.3 Å². The van der Waals surface area contributed by atoms with E-state index in [-0.39, 0.29) is 22.6 Å². The second kappa shape index (κ2) is 9.36. The molecule has 0 fully saturated rings. The first-order chi connectivity index (χ1) is 15.0. The highest BCUT2D eigenvalue weighted by Gasteiger charge is 2.15. The number of benzene rings is 3. The Kier molecular flexibility index (Phi) is 6.39. The number of hydrogen-bond acceptors (Lipinski definition) is 5. The van der Waals surface area contributed by atoms with Crippen molar-refractivity contribution in [2.24, 2.45) is 0 Å². The van der Waals surface area contributed by atoms with Crippen LogP contribution in [-0.2, 0) is 11.4 Å². The van der Waals surface area contributed by atoms with Crippen molar-refractivity contribution in [1.82, 2.24) is 4.98 Å². The van der Waals surface area contributed by atoms with Gasteiger partial charge in [0.2, 0.25) is 0 Å². The highest BCUT2D eigenvalue weighted by Crippen LogP contribution is 2.32. The van der Waals surface area contributed by atoms with Crippen molar-refractivity contribution in [3.8, 4) is 5.75 Å². The number of para-hydroxylation sites is 2. The topological polar surface area (TPSA) is 72.6 Å². The number of fused-ring (bicyclic) bond motifs is 1. The maximum Gasteiger partial charge on any atom is 0.342 e. The fourth-order valence-electron chi connectivity index (χ4n) is 2.74. The van der Waals surface area contributed by atoms with Gasteiger partial charge in [0.1, 0.15) is 28.6 Å². The van der Waals surface area contributed by atoms with Gasteiger partial charge in [-0.05, 0) is 81.3 Å². The zero-order valence-corrected chi connectivity index (χ0v) is 18.3. The Morgan fingerprint density at radius 3 is 2.65 bits per heavy atom. The number of oxazole rings is 1. The van der Waals surface area contributed by atoms with Crippen LogP contribution in [-0.4, -0.2) is 16.1 Å². The standard InChI is InChI=1S/C23H15BrFNO4S/c24-17-11-15(7-10-19(17)29-13-14-5-8-16(25)9-6-14)12-21(22(27)28)31-23-26-18-3-1-2-4-20(18)30-23/h1-12H,13H2,(H,27,28)/b21-12-. The number of rotatable bonds is 7. The molecule has 4 aromatic rings. The number of aromatic nitrogens is 1. The molecule has 0 atom stereocenters. The Labute approximate surface area is 189 Å². The van der Waals surface area contributed by atoms with Crippen LogP contribution < -0.4 is 4.74 Å². The number of thioether (sulfide) groups is 1. The predicted molar refractivity (Wildman–Crippen MR) is 120 cm³/mol. The third kappa shape index (κ3) is 5.34. The van der Waals surface area contributed by atoms with E-state index in [0.717, 1.165) is 17.3 Å². The first-order valence-corrected chi connectivity index (χ1v) is 10.7. The molecular formula is C23H15BrFNO4S. The van der Waals surface area contributed by atoms with Gasteiger partial charge in [0.25, 0.3) is 5.22 Å². The van der Waals surface area contributed by atoms with Gasteiger partial charge in [-0.15, -0.1) is 0 Å². The van der Waals surface area contributed by atoms with Crippen molar-refractivity contribution in [2.45, 2.75) is 11.8 Å². The Balaban J connectivity index is 1.50. The zero-order chi connectivity index (χ0) is 21.8. The van der Waals surface area contributed by atoms with E-state index in [2.05, 4.69) is 20.9 Å². The summed E-state index contributed by atoms with van der Waals surface area (Å²) < 4.78 is 25.0. The molecule has 0 saturated heterocycles. The fraction of sp³-hybridized carbons (Fsp3) is 0.0435. The van der Waals surface area contributed by atoms with Gasteiger partial charge in [-0.25, -0.2) is 14.2 Å². The molecule has 8 heteroatoms. The summed E-state index contributed by atoms with van der Waals surface area (Å²) in [4.78, 5) is 16.1. The van der Waals surface area contributed by atoms with Crippen molar-refractivity contribution in [2.75, 3.05) is 0 Å². The van der Waals surface area contributed by atoms with Gasteiger partial charge < -0.3 is 14.3 Å². The summed E-state index contributed by atoms with van der Waals surface area (Å²) >= 11 is 4.39. The number of hydrogen-bond donors (Lipinski definition) is 1. The molecule has 0 saturated carbocycles. The number of carboxylic acid groups (broad SMARTS) is 1. The van der Waals surface area contributed by atoms with Gasteiger partial charge in [-0.2, -0.15) is 0 Å². The highest BCUT2D eigenvalue weighted by molar-refractivity contribution is 9.10. The molecule has 0 unspecified atom stereocenters. The number of carboxylic acids is 1. The molecule has 0 bridgehead atoms. The second-order valence-electron chi connectivity index (χ2n) is 6.47.